The van der Waals surface area contributed by atoms with Gasteiger partial charge in [-0.15, -0.1) is 10.2 Å². The number of aromatic nitrogens is 4. The third kappa shape index (κ3) is 5.37. The Morgan fingerprint density at radius 3 is 2.39 bits per heavy atom. The third-order valence-electron chi connectivity index (χ3n) is 5.00. The maximum atomic E-state index is 12.7. The summed E-state index contributed by atoms with van der Waals surface area (Å²) in [4.78, 5) is 14.8. The first-order valence-corrected chi connectivity index (χ1v) is 11.7. The number of amides is 1. The minimum Gasteiger partial charge on any atom is -0.355 e. The van der Waals surface area contributed by atoms with E-state index in [0.29, 0.717) is 43.1 Å². The average Bonchev–Trinajstić information content (AvgIpc) is 3.28. The van der Waals surface area contributed by atoms with Crippen LogP contribution < -0.4 is 14.9 Å². The average molecular weight is 442 g/mol. The summed E-state index contributed by atoms with van der Waals surface area (Å²) in [5, 5.41) is 15.5. The predicted molar refractivity (Wildman–Crippen MR) is 118 cm³/mol. The zero-order chi connectivity index (χ0) is 21.8. The molecule has 1 amide bonds. The number of sulfonamides is 1. The van der Waals surface area contributed by atoms with Crippen LogP contribution in [0.5, 0.6) is 0 Å². The van der Waals surface area contributed by atoms with Crippen LogP contribution in [0.1, 0.15) is 12.8 Å². The molecule has 1 saturated heterocycles. The van der Waals surface area contributed by atoms with Crippen LogP contribution >= 0.6 is 0 Å². The molecule has 2 N–H and O–H groups in total. The number of anilines is 3. The molecule has 0 bridgehead atoms. The first-order valence-electron chi connectivity index (χ1n) is 9.85. The van der Waals surface area contributed by atoms with Crippen LogP contribution in [0.3, 0.4) is 0 Å². The lowest BCUT2D eigenvalue weighted by molar-refractivity contribution is -0.120. The van der Waals surface area contributed by atoms with Gasteiger partial charge in [-0.05, 0) is 49.2 Å². The lowest BCUT2D eigenvalue weighted by Crippen LogP contribution is -2.38. The molecule has 0 atom stereocenters. The lowest BCUT2D eigenvalue weighted by Gasteiger charge is -2.31. The second-order valence-corrected chi connectivity index (χ2v) is 9.15. The number of piperidine rings is 1. The molecule has 1 aliphatic rings. The lowest BCUT2D eigenvalue weighted by atomic mass is 9.96. The highest BCUT2D eigenvalue weighted by Crippen LogP contribution is 2.24. The number of hydrogen-bond donors (Lipinski definition) is 2. The monoisotopic (exact) mass is 441 g/mol. The minimum atomic E-state index is -3.38. The summed E-state index contributed by atoms with van der Waals surface area (Å²) in [7, 11) is -3.38. The van der Waals surface area contributed by atoms with Crippen LogP contribution in [-0.4, -0.2) is 53.6 Å². The molecule has 3 heterocycles. The van der Waals surface area contributed by atoms with Gasteiger partial charge in [0.25, 0.3) is 0 Å². The Kier molecular flexibility index (Phi) is 5.85. The van der Waals surface area contributed by atoms with Crippen molar-refractivity contribution in [2.75, 3.05) is 34.3 Å². The van der Waals surface area contributed by atoms with Crippen LogP contribution in [0.4, 0.5) is 17.2 Å². The molecule has 0 radical (unpaired) electrons. The zero-order valence-corrected chi connectivity index (χ0v) is 17.8. The van der Waals surface area contributed by atoms with E-state index in [-0.39, 0.29) is 11.8 Å². The molecule has 4 rings (SSSR count). The highest BCUT2D eigenvalue weighted by molar-refractivity contribution is 7.92. The first-order chi connectivity index (χ1) is 14.9. The minimum absolute atomic E-state index is 0.0729. The Labute approximate surface area is 180 Å². The topological polar surface area (TPSA) is 122 Å². The largest absolute Gasteiger partial charge is 0.355 e. The summed E-state index contributed by atoms with van der Waals surface area (Å²) in [6.45, 7) is 1.40. The van der Waals surface area contributed by atoms with Gasteiger partial charge in [-0.1, -0.05) is 6.07 Å². The van der Waals surface area contributed by atoms with Crippen LogP contribution in [-0.2, 0) is 14.8 Å². The standard InChI is InChI=1S/C20H23N7O3S/c1-31(29,30)25-17-5-2-4-16(14-17)22-20(28)15-8-12-26(13-9-15)18-6-7-19(24-23-18)27-11-3-10-21-27/h2-7,10-11,14-15,25H,8-9,12-13H2,1H3,(H,22,28). The molecule has 31 heavy (non-hydrogen) atoms. The van der Waals surface area contributed by atoms with Gasteiger partial charge in [0.15, 0.2) is 11.6 Å². The van der Waals surface area contributed by atoms with Crippen molar-refractivity contribution in [3.63, 3.8) is 0 Å². The smallest absolute Gasteiger partial charge is 0.229 e. The Hall–Kier alpha value is -3.47. The molecule has 10 nitrogen and oxygen atoms in total. The van der Waals surface area contributed by atoms with Crippen molar-refractivity contribution in [2.24, 2.45) is 5.92 Å². The molecule has 1 aromatic carbocycles. The normalized spacial score (nSPS) is 14.9. The zero-order valence-electron chi connectivity index (χ0n) is 17.0. The first kappa shape index (κ1) is 20.8. The van der Waals surface area contributed by atoms with E-state index in [9.17, 15) is 13.2 Å². The van der Waals surface area contributed by atoms with Crippen molar-refractivity contribution < 1.29 is 13.2 Å². The molecule has 0 spiro atoms. The van der Waals surface area contributed by atoms with Crippen LogP contribution in [0.15, 0.2) is 54.9 Å². The Bertz CT molecular complexity index is 1140. The second-order valence-electron chi connectivity index (χ2n) is 7.41. The van der Waals surface area contributed by atoms with E-state index in [2.05, 4.69) is 30.2 Å². The molecule has 0 unspecified atom stereocenters. The molecule has 2 aromatic heterocycles. The second kappa shape index (κ2) is 8.72. The number of nitrogens with one attached hydrogen (secondary N) is 2. The fourth-order valence-corrected chi connectivity index (χ4v) is 4.06. The highest BCUT2D eigenvalue weighted by atomic mass is 32.2. The van der Waals surface area contributed by atoms with Crippen molar-refractivity contribution in [1.29, 1.82) is 0 Å². The summed E-state index contributed by atoms with van der Waals surface area (Å²) < 4.78 is 26.8. The molecular weight excluding hydrogens is 418 g/mol. The van der Waals surface area contributed by atoms with Gasteiger partial charge < -0.3 is 10.2 Å². The maximum Gasteiger partial charge on any atom is 0.229 e. The molecule has 1 fully saturated rings. The SMILES string of the molecule is CS(=O)(=O)Nc1cccc(NC(=O)C2CCN(c3ccc(-n4cccn4)nn3)CC2)c1. The Morgan fingerprint density at radius 2 is 1.74 bits per heavy atom. The number of nitrogens with zero attached hydrogens (tertiary/aromatic N) is 5. The summed E-state index contributed by atoms with van der Waals surface area (Å²) >= 11 is 0. The van der Waals surface area contributed by atoms with E-state index in [4.69, 9.17) is 0 Å². The Morgan fingerprint density at radius 1 is 1.03 bits per heavy atom. The van der Waals surface area contributed by atoms with Crippen molar-refractivity contribution in [1.82, 2.24) is 20.0 Å². The Balaban J connectivity index is 1.32. The number of benzene rings is 1. The van der Waals surface area contributed by atoms with Gasteiger partial charge in [0, 0.05) is 37.1 Å². The van der Waals surface area contributed by atoms with Crippen LogP contribution in [0.25, 0.3) is 5.82 Å². The van der Waals surface area contributed by atoms with E-state index in [1.165, 1.54) is 0 Å². The van der Waals surface area contributed by atoms with E-state index in [1.807, 2.05) is 18.2 Å². The van der Waals surface area contributed by atoms with Crippen molar-refractivity contribution in [2.45, 2.75) is 12.8 Å². The fraction of sp³-hybridized carbons (Fsp3) is 0.300. The predicted octanol–water partition coefficient (Wildman–Crippen LogP) is 1.89. The molecule has 0 aliphatic carbocycles. The summed E-state index contributed by atoms with van der Waals surface area (Å²) in [5.41, 5.74) is 0.966. The van der Waals surface area contributed by atoms with Gasteiger partial charge in [-0.2, -0.15) is 5.10 Å². The van der Waals surface area contributed by atoms with Crippen molar-refractivity contribution >= 4 is 33.1 Å². The quantitative estimate of drug-likeness (QED) is 0.599. The van der Waals surface area contributed by atoms with E-state index < -0.39 is 10.0 Å². The fourth-order valence-electron chi connectivity index (χ4n) is 3.50. The van der Waals surface area contributed by atoms with Gasteiger partial charge >= 0.3 is 0 Å². The van der Waals surface area contributed by atoms with Crippen molar-refractivity contribution in [3.8, 4) is 5.82 Å². The van der Waals surface area contributed by atoms with Gasteiger partial charge in [0.2, 0.25) is 15.9 Å². The highest BCUT2D eigenvalue weighted by Gasteiger charge is 2.26. The third-order valence-corrected chi connectivity index (χ3v) is 5.61. The number of rotatable bonds is 6. The molecule has 162 valence electrons. The van der Waals surface area contributed by atoms with Gasteiger partial charge in [-0.3, -0.25) is 9.52 Å². The maximum absolute atomic E-state index is 12.7. The summed E-state index contributed by atoms with van der Waals surface area (Å²) in [6, 6.07) is 12.3. The van der Waals surface area contributed by atoms with Gasteiger partial charge in [-0.25, -0.2) is 13.1 Å². The summed E-state index contributed by atoms with van der Waals surface area (Å²) in [5.74, 6) is 1.22. The van der Waals surface area contributed by atoms with Crippen LogP contribution in [0.2, 0.25) is 0 Å². The van der Waals surface area contributed by atoms with E-state index in [0.717, 1.165) is 12.1 Å². The van der Waals surface area contributed by atoms with Gasteiger partial charge in [0.1, 0.15) is 0 Å². The van der Waals surface area contributed by atoms with Gasteiger partial charge in [0.05, 0.1) is 11.9 Å². The van der Waals surface area contributed by atoms with E-state index >= 15 is 0 Å². The molecule has 0 saturated carbocycles. The summed E-state index contributed by atoms with van der Waals surface area (Å²) in [6.07, 6.45) is 5.96. The molecule has 3 aromatic rings. The number of carbonyl (C=O) groups excluding carboxylic acids is 1. The molecule has 11 heteroatoms. The van der Waals surface area contributed by atoms with Crippen LogP contribution in [0, 0.1) is 5.92 Å². The van der Waals surface area contributed by atoms with E-state index in [1.54, 1.807) is 41.3 Å². The molecule has 1 aliphatic heterocycles. The van der Waals surface area contributed by atoms with Crippen molar-refractivity contribution in [3.05, 3.63) is 54.9 Å². The molecular formula is C20H23N7O3S. The number of hydrogen-bond acceptors (Lipinski definition) is 7. The number of carbonyl (C=O) groups is 1.